The fourth-order valence-electron chi connectivity index (χ4n) is 3.88. The van der Waals surface area contributed by atoms with Gasteiger partial charge in [0.2, 0.25) is 5.88 Å². The highest BCUT2D eigenvalue weighted by molar-refractivity contribution is 5.93. The number of aryl methyl sites for hydroxylation is 1. The Morgan fingerprint density at radius 3 is 2.67 bits per heavy atom. The largest absolute Gasteiger partial charge is 0.470 e. The first-order chi connectivity index (χ1) is 16.0. The standard InChI is InChI=1S/C21H21F2N7O3/c1-13-17(30(27-24-13)15-4-2-14(3-5-15)20(22)23)12-33-19-7-6-18(25-26-19)29-10-16-11-32-9-8-28(16)21(29)31/h2-7,16,20H,8-12H2,1H3. The second-order valence-electron chi connectivity index (χ2n) is 7.76. The van der Waals surface area contributed by atoms with Gasteiger partial charge in [0, 0.05) is 18.2 Å². The third-order valence-corrected chi connectivity index (χ3v) is 5.70. The maximum Gasteiger partial charge on any atom is 0.326 e. The lowest BCUT2D eigenvalue weighted by molar-refractivity contribution is 0.0300. The predicted molar refractivity (Wildman–Crippen MR) is 111 cm³/mol. The molecule has 0 N–H and O–H groups in total. The molecular formula is C21H21F2N7O3. The Labute approximate surface area is 187 Å². The van der Waals surface area contributed by atoms with E-state index in [2.05, 4.69) is 20.5 Å². The summed E-state index contributed by atoms with van der Waals surface area (Å²) in [6, 6.07) is 9.06. The third kappa shape index (κ3) is 4.09. The van der Waals surface area contributed by atoms with E-state index in [0.717, 1.165) is 0 Å². The maximum absolute atomic E-state index is 12.8. The van der Waals surface area contributed by atoms with Crippen LogP contribution in [0.15, 0.2) is 36.4 Å². The molecule has 2 fully saturated rings. The molecule has 1 atom stereocenters. The minimum Gasteiger partial charge on any atom is -0.470 e. The van der Waals surface area contributed by atoms with Gasteiger partial charge in [-0.25, -0.2) is 18.3 Å². The zero-order valence-corrected chi connectivity index (χ0v) is 17.8. The smallest absolute Gasteiger partial charge is 0.326 e. The number of carbonyl (C=O) groups excluding carboxylic acids is 1. The van der Waals surface area contributed by atoms with E-state index in [4.69, 9.17) is 9.47 Å². The summed E-state index contributed by atoms with van der Waals surface area (Å²) in [5, 5.41) is 16.4. The number of morpholine rings is 1. The zero-order chi connectivity index (χ0) is 22.9. The molecule has 12 heteroatoms. The van der Waals surface area contributed by atoms with Crippen molar-refractivity contribution in [3.63, 3.8) is 0 Å². The molecule has 2 aliphatic heterocycles. The first-order valence-electron chi connectivity index (χ1n) is 10.4. The minimum absolute atomic E-state index is 0.0227. The number of hydrogen-bond acceptors (Lipinski definition) is 7. The van der Waals surface area contributed by atoms with E-state index in [0.29, 0.717) is 49.2 Å². The van der Waals surface area contributed by atoms with Crippen LogP contribution in [0.1, 0.15) is 23.4 Å². The summed E-state index contributed by atoms with van der Waals surface area (Å²) in [5.41, 5.74) is 1.81. The molecule has 5 rings (SSSR count). The van der Waals surface area contributed by atoms with Crippen LogP contribution < -0.4 is 9.64 Å². The number of nitrogens with zero attached hydrogens (tertiary/aromatic N) is 7. The fourth-order valence-corrected chi connectivity index (χ4v) is 3.88. The van der Waals surface area contributed by atoms with Gasteiger partial charge in [0.1, 0.15) is 12.3 Å². The van der Waals surface area contributed by atoms with Crippen LogP contribution in [0.2, 0.25) is 0 Å². The molecular weight excluding hydrogens is 436 g/mol. The molecule has 0 spiro atoms. The number of carbonyl (C=O) groups is 1. The van der Waals surface area contributed by atoms with Crippen LogP contribution in [0.4, 0.5) is 19.4 Å². The number of rotatable bonds is 6. The average molecular weight is 457 g/mol. The summed E-state index contributed by atoms with van der Waals surface area (Å²) in [6.07, 6.45) is -2.54. The number of benzene rings is 1. The number of urea groups is 1. The Bertz CT molecular complexity index is 1140. The molecule has 3 aromatic rings. The van der Waals surface area contributed by atoms with Gasteiger partial charge in [-0.2, -0.15) is 0 Å². The van der Waals surface area contributed by atoms with Crippen LogP contribution in [0.25, 0.3) is 5.69 Å². The molecule has 33 heavy (non-hydrogen) atoms. The normalized spacial score (nSPS) is 18.2. The summed E-state index contributed by atoms with van der Waals surface area (Å²) in [4.78, 5) is 16.0. The second-order valence-corrected chi connectivity index (χ2v) is 7.76. The molecule has 2 aliphatic rings. The van der Waals surface area contributed by atoms with Gasteiger partial charge >= 0.3 is 6.03 Å². The minimum atomic E-state index is -2.54. The molecule has 2 amide bonds. The van der Waals surface area contributed by atoms with Crippen molar-refractivity contribution in [3.8, 4) is 11.6 Å². The highest BCUT2D eigenvalue weighted by atomic mass is 19.3. The number of fused-ring (bicyclic) bond motifs is 1. The fraction of sp³-hybridized carbons (Fsp3) is 0.381. The first-order valence-corrected chi connectivity index (χ1v) is 10.4. The summed E-state index contributed by atoms with van der Waals surface area (Å²) in [7, 11) is 0. The molecule has 0 radical (unpaired) electrons. The Kier molecular flexibility index (Phi) is 5.58. The molecule has 172 valence electrons. The number of aromatic nitrogens is 5. The molecule has 4 heterocycles. The molecule has 0 aliphatic carbocycles. The molecule has 1 aromatic carbocycles. The Morgan fingerprint density at radius 1 is 1.15 bits per heavy atom. The van der Waals surface area contributed by atoms with Crippen LogP contribution in [-0.2, 0) is 11.3 Å². The number of ether oxygens (including phenoxy) is 2. The van der Waals surface area contributed by atoms with Gasteiger partial charge in [0.05, 0.1) is 37.2 Å². The van der Waals surface area contributed by atoms with Crippen molar-refractivity contribution in [2.75, 3.05) is 31.2 Å². The quantitative estimate of drug-likeness (QED) is 0.561. The van der Waals surface area contributed by atoms with Crippen molar-refractivity contribution in [1.29, 1.82) is 0 Å². The van der Waals surface area contributed by atoms with Crippen LogP contribution in [0.3, 0.4) is 0 Å². The number of anilines is 1. The van der Waals surface area contributed by atoms with E-state index in [9.17, 15) is 13.6 Å². The topological polar surface area (TPSA) is 98.5 Å². The molecule has 0 saturated carbocycles. The van der Waals surface area contributed by atoms with Gasteiger partial charge in [0.25, 0.3) is 6.43 Å². The average Bonchev–Trinajstić information content (AvgIpc) is 3.38. The van der Waals surface area contributed by atoms with E-state index >= 15 is 0 Å². The van der Waals surface area contributed by atoms with Gasteiger partial charge < -0.3 is 14.4 Å². The van der Waals surface area contributed by atoms with Gasteiger partial charge in [-0.15, -0.1) is 15.3 Å². The van der Waals surface area contributed by atoms with Crippen LogP contribution in [-0.4, -0.2) is 68.5 Å². The Morgan fingerprint density at radius 2 is 1.97 bits per heavy atom. The molecule has 2 saturated heterocycles. The van der Waals surface area contributed by atoms with Crippen molar-refractivity contribution >= 4 is 11.8 Å². The number of alkyl halides is 2. The summed E-state index contributed by atoms with van der Waals surface area (Å²) in [6.45, 7) is 4.00. The van der Waals surface area contributed by atoms with Crippen molar-refractivity contribution in [2.45, 2.75) is 26.0 Å². The monoisotopic (exact) mass is 457 g/mol. The van der Waals surface area contributed by atoms with E-state index in [1.165, 1.54) is 16.8 Å². The van der Waals surface area contributed by atoms with E-state index in [1.54, 1.807) is 41.0 Å². The van der Waals surface area contributed by atoms with E-state index in [-0.39, 0.29) is 30.1 Å². The highest BCUT2D eigenvalue weighted by Gasteiger charge is 2.40. The Hall–Kier alpha value is -3.67. The maximum atomic E-state index is 12.8. The van der Waals surface area contributed by atoms with Crippen molar-refractivity contribution < 1.29 is 23.0 Å². The van der Waals surface area contributed by atoms with Gasteiger partial charge in [-0.3, -0.25) is 4.90 Å². The van der Waals surface area contributed by atoms with Crippen LogP contribution >= 0.6 is 0 Å². The van der Waals surface area contributed by atoms with Crippen LogP contribution in [0, 0.1) is 6.92 Å². The lowest BCUT2D eigenvalue weighted by atomic mass is 10.2. The summed E-state index contributed by atoms with van der Waals surface area (Å²) in [5.74, 6) is 0.718. The van der Waals surface area contributed by atoms with Crippen molar-refractivity contribution in [2.24, 2.45) is 0 Å². The van der Waals surface area contributed by atoms with E-state index in [1.807, 2.05) is 0 Å². The van der Waals surface area contributed by atoms with Crippen LogP contribution in [0.5, 0.6) is 5.88 Å². The lowest BCUT2D eigenvalue weighted by Gasteiger charge is -2.27. The highest BCUT2D eigenvalue weighted by Crippen LogP contribution is 2.25. The van der Waals surface area contributed by atoms with Gasteiger partial charge in [0.15, 0.2) is 5.82 Å². The number of halogens is 2. The molecule has 0 bridgehead atoms. The van der Waals surface area contributed by atoms with Crippen molar-refractivity contribution in [3.05, 3.63) is 53.3 Å². The lowest BCUT2D eigenvalue weighted by Crippen LogP contribution is -2.44. The number of amides is 2. The summed E-state index contributed by atoms with van der Waals surface area (Å²) >= 11 is 0. The molecule has 2 aromatic heterocycles. The molecule has 10 nitrogen and oxygen atoms in total. The molecule has 1 unspecified atom stereocenters. The summed E-state index contributed by atoms with van der Waals surface area (Å²) < 4.78 is 38.4. The van der Waals surface area contributed by atoms with Gasteiger partial charge in [-0.05, 0) is 25.1 Å². The van der Waals surface area contributed by atoms with Gasteiger partial charge in [-0.1, -0.05) is 17.3 Å². The zero-order valence-electron chi connectivity index (χ0n) is 17.8. The van der Waals surface area contributed by atoms with Crippen molar-refractivity contribution in [1.82, 2.24) is 30.1 Å². The third-order valence-electron chi connectivity index (χ3n) is 5.70. The first kappa shape index (κ1) is 21.2. The SMILES string of the molecule is Cc1nnn(-c2ccc(C(F)F)cc2)c1COc1ccc(N2CC3COCCN3C2=O)nn1. The number of hydrogen-bond donors (Lipinski definition) is 0. The Balaban J connectivity index is 1.27. The van der Waals surface area contributed by atoms with E-state index < -0.39 is 6.43 Å². The second kappa shape index (κ2) is 8.70. The predicted octanol–water partition coefficient (Wildman–Crippen LogP) is 2.52.